The minimum atomic E-state index is 0.696. The molecule has 1 aromatic rings. The molecule has 3 rings (SSSR count). The highest BCUT2D eigenvalue weighted by molar-refractivity contribution is 5.40. The lowest BCUT2D eigenvalue weighted by Crippen LogP contribution is -2.29. The van der Waals surface area contributed by atoms with Gasteiger partial charge in [-0.3, -0.25) is 0 Å². The summed E-state index contributed by atoms with van der Waals surface area (Å²) < 4.78 is 0. The molecule has 1 aromatic heterocycles. The Balaban J connectivity index is 1.76. The summed E-state index contributed by atoms with van der Waals surface area (Å²) >= 11 is 0. The Morgan fingerprint density at radius 1 is 1.12 bits per heavy atom. The average molecular weight is 232 g/mol. The van der Waals surface area contributed by atoms with E-state index in [4.69, 9.17) is 0 Å². The molecule has 0 unspecified atom stereocenters. The molecule has 1 saturated carbocycles. The zero-order valence-corrected chi connectivity index (χ0v) is 10.2. The number of hydrogen-bond acceptors (Lipinski definition) is 4. The summed E-state index contributed by atoms with van der Waals surface area (Å²) in [4.78, 5) is 11.2. The number of anilines is 1. The van der Waals surface area contributed by atoms with Crippen LogP contribution in [0.3, 0.4) is 0 Å². The van der Waals surface area contributed by atoms with Crippen LogP contribution >= 0.6 is 0 Å². The number of aromatic nitrogens is 2. The molecular weight excluding hydrogens is 212 g/mol. The summed E-state index contributed by atoms with van der Waals surface area (Å²) in [7, 11) is 0. The van der Waals surface area contributed by atoms with Crippen molar-refractivity contribution in [1.82, 2.24) is 15.3 Å². The Bertz CT molecular complexity index is 367. The van der Waals surface area contributed by atoms with Crippen molar-refractivity contribution in [3.63, 3.8) is 0 Å². The van der Waals surface area contributed by atoms with Crippen LogP contribution < -0.4 is 10.2 Å². The number of nitrogens with one attached hydrogen (secondary N) is 1. The van der Waals surface area contributed by atoms with Gasteiger partial charge in [0.2, 0.25) is 0 Å². The van der Waals surface area contributed by atoms with E-state index < -0.39 is 0 Å². The molecule has 1 aliphatic carbocycles. The predicted molar refractivity (Wildman–Crippen MR) is 68.3 cm³/mol. The molecule has 4 heteroatoms. The molecule has 0 bridgehead atoms. The maximum atomic E-state index is 4.43. The van der Waals surface area contributed by atoms with E-state index in [9.17, 15) is 0 Å². The second kappa shape index (κ2) is 5.00. The molecule has 0 amide bonds. The fourth-order valence-electron chi connectivity index (χ4n) is 2.54. The van der Waals surface area contributed by atoms with Crippen LogP contribution in [0, 0.1) is 0 Å². The minimum absolute atomic E-state index is 0.696. The van der Waals surface area contributed by atoms with Gasteiger partial charge in [0.1, 0.15) is 12.1 Å². The van der Waals surface area contributed by atoms with Crippen LogP contribution in [0.15, 0.2) is 12.4 Å². The Labute approximate surface area is 102 Å². The van der Waals surface area contributed by atoms with Gasteiger partial charge in [-0.15, -0.1) is 0 Å². The summed E-state index contributed by atoms with van der Waals surface area (Å²) in [6.07, 6.45) is 6.90. The van der Waals surface area contributed by atoms with Gasteiger partial charge in [0.25, 0.3) is 0 Å². The normalized spacial score (nSPS) is 22.0. The molecule has 17 heavy (non-hydrogen) atoms. The molecule has 1 aliphatic heterocycles. The van der Waals surface area contributed by atoms with Crippen molar-refractivity contribution in [2.45, 2.75) is 31.6 Å². The van der Waals surface area contributed by atoms with Crippen LogP contribution in [-0.2, 0) is 0 Å². The van der Waals surface area contributed by atoms with E-state index in [0.29, 0.717) is 5.92 Å². The smallest absolute Gasteiger partial charge is 0.132 e. The van der Waals surface area contributed by atoms with Gasteiger partial charge in [-0.05, 0) is 25.8 Å². The Morgan fingerprint density at radius 3 is 2.88 bits per heavy atom. The fraction of sp³-hybridized carbons (Fsp3) is 0.692. The quantitative estimate of drug-likeness (QED) is 0.840. The van der Waals surface area contributed by atoms with Gasteiger partial charge in [-0.25, -0.2) is 9.97 Å². The van der Waals surface area contributed by atoms with Gasteiger partial charge in [0.15, 0.2) is 0 Å². The zero-order chi connectivity index (χ0) is 11.5. The summed E-state index contributed by atoms with van der Waals surface area (Å²) in [5.41, 5.74) is 1.25. The van der Waals surface area contributed by atoms with E-state index in [1.54, 1.807) is 6.33 Å². The lowest BCUT2D eigenvalue weighted by molar-refractivity contribution is 0.410. The predicted octanol–water partition coefficient (Wildman–Crippen LogP) is 1.54. The summed E-state index contributed by atoms with van der Waals surface area (Å²) in [6, 6.07) is 2.20. The number of nitrogens with zero attached hydrogens (tertiary/aromatic N) is 3. The molecule has 2 heterocycles. The monoisotopic (exact) mass is 232 g/mol. The van der Waals surface area contributed by atoms with E-state index in [1.165, 1.54) is 31.4 Å². The van der Waals surface area contributed by atoms with E-state index >= 15 is 0 Å². The van der Waals surface area contributed by atoms with Crippen LogP contribution in [-0.4, -0.2) is 36.1 Å². The van der Waals surface area contributed by atoms with E-state index in [2.05, 4.69) is 26.3 Å². The van der Waals surface area contributed by atoms with Crippen molar-refractivity contribution in [2.75, 3.05) is 31.1 Å². The molecule has 4 nitrogen and oxygen atoms in total. The largest absolute Gasteiger partial charge is 0.355 e. The molecule has 0 spiro atoms. The maximum Gasteiger partial charge on any atom is 0.132 e. The van der Waals surface area contributed by atoms with E-state index in [1.807, 2.05) is 0 Å². The summed E-state index contributed by atoms with van der Waals surface area (Å²) in [5, 5.41) is 3.42. The van der Waals surface area contributed by atoms with Crippen molar-refractivity contribution < 1.29 is 0 Å². The summed E-state index contributed by atoms with van der Waals surface area (Å²) in [5.74, 6) is 1.81. The molecule has 1 saturated heterocycles. The molecule has 0 radical (unpaired) electrons. The van der Waals surface area contributed by atoms with Crippen molar-refractivity contribution in [3.8, 4) is 0 Å². The lowest BCUT2D eigenvalue weighted by Gasteiger charge is -2.26. The van der Waals surface area contributed by atoms with Gasteiger partial charge >= 0.3 is 0 Å². The van der Waals surface area contributed by atoms with Crippen molar-refractivity contribution in [2.24, 2.45) is 0 Å². The topological polar surface area (TPSA) is 41.1 Å². The van der Waals surface area contributed by atoms with Gasteiger partial charge in [-0.2, -0.15) is 0 Å². The Morgan fingerprint density at radius 2 is 2.06 bits per heavy atom. The standard InChI is InChI=1S/C13H20N4/c1-3-11(4-1)12-9-13(16-10-15-12)17-7-2-5-14-6-8-17/h9-11,14H,1-8H2. The molecule has 0 aromatic carbocycles. The van der Waals surface area contributed by atoms with E-state index in [0.717, 1.165) is 32.0 Å². The first kappa shape index (κ1) is 11.0. The summed E-state index contributed by atoms with van der Waals surface area (Å²) in [6.45, 7) is 4.34. The van der Waals surface area contributed by atoms with Crippen LogP contribution in [0.5, 0.6) is 0 Å². The SMILES string of the molecule is c1nc(C2CCC2)cc(N2CCCNCC2)n1. The van der Waals surface area contributed by atoms with Crippen LogP contribution in [0.2, 0.25) is 0 Å². The molecule has 0 atom stereocenters. The van der Waals surface area contributed by atoms with Crippen molar-refractivity contribution >= 4 is 5.82 Å². The van der Waals surface area contributed by atoms with Crippen LogP contribution in [0.1, 0.15) is 37.3 Å². The number of rotatable bonds is 2. The van der Waals surface area contributed by atoms with Crippen molar-refractivity contribution in [1.29, 1.82) is 0 Å². The number of hydrogen-bond donors (Lipinski definition) is 1. The third kappa shape index (κ3) is 2.41. The van der Waals surface area contributed by atoms with Gasteiger partial charge in [-0.1, -0.05) is 6.42 Å². The lowest BCUT2D eigenvalue weighted by atomic mass is 9.83. The zero-order valence-electron chi connectivity index (χ0n) is 10.2. The molecule has 1 N–H and O–H groups in total. The first-order valence-electron chi connectivity index (χ1n) is 6.71. The van der Waals surface area contributed by atoms with Gasteiger partial charge in [0, 0.05) is 37.3 Å². The highest BCUT2D eigenvalue weighted by atomic mass is 15.2. The second-order valence-electron chi connectivity index (χ2n) is 5.02. The third-order valence-corrected chi connectivity index (χ3v) is 3.86. The minimum Gasteiger partial charge on any atom is -0.355 e. The fourth-order valence-corrected chi connectivity index (χ4v) is 2.54. The Hall–Kier alpha value is -1.16. The molecule has 92 valence electrons. The average Bonchev–Trinajstić information content (AvgIpc) is 2.55. The first-order valence-corrected chi connectivity index (χ1v) is 6.71. The second-order valence-corrected chi connectivity index (χ2v) is 5.02. The third-order valence-electron chi connectivity index (χ3n) is 3.86. The van der Waals surface area contributed by atoms with Crippen LogP contribution in [0.4, 0.5) is 5.82 Å². The molecule has 2 aliphatic rings. The first-order chi connectivity index (χ1) is 8.43. The van der Waals surface area contributed by atoms with Crippen LogP contribution in [0.25, 0.3) is 0 Å². The van der Waals surface area contributed by atoms with Gasteiger partial charge in [0.05, 0.1) is 0 Å². The van der Waals surface area contributed by atoms with Gasteiger partial charge < -0.3 is 10.2 Å². The van der Waals surface area contributed by atoms with Crippen molar-refractivity contribution in [3.05, 3.63) is 18.1 Å². The molecular formula is C13H20N4. The maximum absolute atomic E-state index is 4.43. The molecule has 2 fully saturated rings. The van der Waals surface area contributed by atoms with E-state index in [-0.39, 0.29) is 0 Å². The highest BCUT2D eigenvalue weighted by Gasteiger charge is 2.22. The highest BCUT2D eigenvalue weighted by Crippen LogP contribution is 2.35. The Kier molecular flexibility index (Phi) is 3.22.